The van der Waals surface area contributed by atoms with E-state index in [4.69, 9.17) is 0 Å². The van der Waals surface area contributed by atoms with Gasteiger partial charge in [0.05, 0.1) is 30.0 Å². The zero-order chi connectivity index (χ0) is 30.6. The molecule has 3 aromatic heterocycles. The average molecular weight is 569 g/mol. The van der Waals surface area contributed by atoms with Crippen molar-refractivity contribution in [3.05, 3.63) is 73.8 Å². The minimum atomic E-state index is -0.699. The van der Waals surface area contributed by atoms with Crippen LogP contribution in [0, 0.1) is 5.41 Å². The Hall–Kier alpha value is -4.64. The molecule has 1 fully saturated rings. The Morgan fingerprint density at radius 2 is 1.86 bits per heavy atom. The number of fused-ring (bicyclic) bond motifs is 1. The molecule has 0 unspecified atom stereocenters. The van der Waals surface area contributed by atoms with Gasteiger partial charge in [-0.2, -0.15) is 5.10 Å². The van der Waals surface area contributed by atoms with Gasteiger partial charge in [0.25, 0.3) is 0 Å². The maximum Gasteiger partial charge on any atom is 0.244 e. The Morgan fingerprint density at radius 1 is 1.14 bits per heavy atom. The van der Waals surface area contributed by atoms with Crippen molar-refractivity contribution in [1.29, 1.82) is 0 Å². The van der Waals surface area contributed by atoms with Gasteiger partial charge in [-0.15, -0.1) is 0 Å². The molecule has 0 N–H and O–H groups in total. The van der Waals surface area contributed by atoms with E-state index in [1.165, 1.54) is 17.8 Å². The molecule has 0 bridgehead atoms. The summed E-state index contributed by atoms with van der Waals surface area (Å²) in [6.07, 6.45) is 11.5. The third kappa shape index (κ3) is 6.63. The number of allylic oxidation sites excluding steroid dienone is 3. The van der Waals surface area contributed by atoms with E-state index in [0.717, 1.165) is 0 Å². The number of pyridine rings is 1. The fourth-order valence-electron chi connectivity index (χ4n) is 5.06. The molecule has 3 aromatic rings. The molecule has 1 aliphatic heterocycles. The molecule has 218 valence electrons. The first-order chi connectivity index (χ1) is 19.9. The largest absolute Gasteiger partial charge is 0.330 e. The van der Waals surface area contributed by atoms with E-state index < -0.39 is 6.04 Å². The number of Topliss-reactive ketones (excluding diaryl/α,β-unsaturated/α-hetero) is 2. The van der Waals surface area contributed by atoms with Crippen molar-refractivity contribution in [2.45, 2.75) is 46.3 Å². The molecule has 11 heteroatoms. The number of carbonyl (C=O) groups excluding carboxylic acids is 3. The summed E-state index contributed by atoms with van der Waals surface area (Å²) in [7, 11) is 3.88. The molecule has 1 amide bonds. The summed E-state index contributed by atoms with van der Waals surface area (Å²) in [5.41, 5.74) is 1.96. The van der Waals surface area contributed by atoms with Gasteiger partial charge in [0.15, 0.2) is 5.78 Å². The van der Waals surface area contributed by atoms with E-state index >= 15 is 0 Å². The van der Waals surface area contributed by atoms with Crippen LogP contribution in [0.4, 0.5) is 0 Å². The van der Waals surface area contributed by atoms with Crippen LogP contribution in [-0.4, -0.2) is 84.4 Å². The predicted molar refractivity (Wildman–Crippen MR) is 162 cm³/mol. The van der Waals surface area contributed by atoms with E-state index in [1.807, 2.05) is 32.8 Å². The predicted octanol–water partition coefficient (Wildman–Crippen LogP) is 3.68. The lowest BCUT2D eigenvalue weighted by Crippen LogP contribution is -2.44. The third-order valence-electron chi connectivity index (χ3n) is 6.93. The van der Waals surface area contributed by atoms with Crippen LogP contribution in [0.15, 0.2) is 67.2 Å². The van der Waals surface area contributed by atoms with E-state index in [1.54, 1.807) is 47.8 Å². The summed E-state index contributed by atoms with van der Waals surface area (Å²) in [4.78, 5) is 60.9. The smallest absolute Gasteiger partial charge is 0.244 e. The second kappa shape index (κ2) is 12.5. The summed E-state index contributed by atoms with van der Waals surface area (Å²) >= 11 is 0. The lowest BCUT2D eigenvalue weighted by atomic mass is 9.89. The summed E-state index contributed by atoms with van der Waals surface area (Å²) in [6, 6.07) is 1.06. The maximum absolute atomic E-state index is 13.7. The molecule has 0 aliphatic carbocycles. The van der Waals surface area contributed by atoms with Gasteiger partial charge in [-0.05, 0) is 38.1 Å². The van der Waals surface area contributed by atoms with Gasteiger partial charge in [-0.1, -0.05) is 39.2 Å². The van der Waals surface area contributed by atoms with Gasteiger partial charge in [-0.3, -0.25) is 29.0 Å². The lowest BCUT2D eigenvalue weighted by molar-refractivity contribution is -0.136. The molecule has 1 atom stereocenters. The maximum atomic E-state index is 13.7. The van der Waals surface area contributed by atoms with Crippen molar-refractivity contribution >= 4 is 34.1 Å². The lowest BCUT2D eigenvalue weighted by Gasteiger charge is -2.24. The van der Waals surface area contributed by atoms with E-state index in [2.05, 4.69) is 38.2 Å². The molecule has 1 saturated heterocycles. The Bertz CT molecular complexity index is 1600. The number of hydrogen-bond donors (Lipinski definition) is 0. The van der Waals surface area contributed by atoms with Crippen LogP contribution in [-0.2, 0) is 22.7 Å². The third-order valence-corrected chi connectivity index (χ3v) is 6.93. The number of aliphatic imine (C=N–C) groups is 1. The van der Waals surface area contributed by atoms with Crippen LogP contribution >= 0.6 is 0 Å². The molecule has 11 nitrogen and oxygen atoms in total. The van der Waals surface area contributed by atoms with Crippen molar-refractivity contribution in [2.75, 3.05) is 20.6 Å². The molecule has 4 rings (SSSR count). The summed E-state index contributed by atoms with van der Waals surface area (Å²) in [6.45, 7) is 13.6. The summed E-state index contributed by atoms with van der Waals surface area (Å²) < 4.78 is 1.48. The van der Waals surface area contributed by atoms with Crippen LogP contribution in [0.25, 0.3) is 22.2 Å². The highest BCUT2D eigenvalue weighted by Gasteiger charge is 2.44. The van der Waals surface area contributed by atoms with Gasteiger partial charge >= 0.3 is 0 Å². The van der Waals surface area contributed by atoms with Crippen LogP contribution in [0.5, 0.6) is 0 Å². The van der Waals surface area contributed by atoms with E-state index in [-0.39, 0.29) is 40.8 Å². The van der Waals surface area contributed by atoms with E-state index in [0.29, 0.717) is 47.5 Å². The summed E-state index contributed by atoms with van der Waals surface area (Å²) in [5.74, 6) is -0.123. The fraction of sp³-hybridized carbons (Fsp3) is 0.355. The number of aromatic nitrogens is 5. The second-order valence-corrected chi connectivity index (χ2v) is 11.3. The highest BCUT2D eigenvalue weighted by molar-refractivity contribution is 6.46. The van der Waals surface area contributed by atoms with Crippen molar-refractivity contribution in [3.8, 4) is 11.3 Å². The Balaban J connectivity index is 1.65. The molecule has 0 spiro atoms. The van der Waals surface area contributed by atoms with Crippen molar-refractivity contribution < 1.29 is 14.4 Å². The highest BCUT2D eigenvalue weighted by Crippen LogP contribution is 2.35. The standard InChI is InChI=1S/C31H36N8O3/c1-8-10-11-23(32-9-2)30(42)25-13-31(4,5)19-38(25)28(41)18-39-26-16-33-24(12-22(26)29(36-39)20(3)40)21-14-34-27(35-15-21)17-37(6)7/h8-12,14-16,25H,1-2,13,17-19H2,3-7H3/b11-10-,32-23?/t25-/m0/s1. The molecule has 1 aliphatic rings. The zero-order valence-corrected chi connectivity index (χ0v) is 24.7. The van der Waals surface area contributed by atoms with Crippen molar-refractivity contribution in [3.63, 3.8) is 0 Å². The fourth-order valence-corrected chi connectivity index (χ4v) is 5.06. The molecule has 0 aromatic carbocycles. The van der Waals surface area contributed by atoms with Gasteiger partial charge < -0.3 is 9.80 Å². The van der Waals surface area contributed by atoms with Gasteiger partial charge in [-0.25, -0.2) is 9.97 Å². The molecular formula is C31H36N8O3. The SMILES string of the molecule is C=C/C=C\C(=NC=C)C(=O)[C@@H]1CC(C)(C)CN1C(=O)Cn1nc(C(C)=O)c2cc(-c3cnc(CN(C)C)nc3)ncc21. The second-order valence-electron chi connectivity index (χ2n) is 11.3. The number of amides is 1. The molecule has 0 radical (unpaired) electrons. The topological polar surface area (TPSA) is 127 Å². The number of carbonyl (C=O) groups is 3. The number of rotatable bonds is 11. The Kier molecular flexibility index (Phi) is 9.01. The first kappa shape index (κ1) is 30.3. The number of hydrogen-bond acceptors (Lipinski definition) is 9. The van der Waals surface area contributed by atoms with Gasteiger partial charge in [0.2, 0.25) is 11.7 Å². The minimum absolute atomic E-state index is 0.163. The van der Waals surface area contributed by atoms with Gasteiger partial charge in [0.1, 0.15) is 23.8 Å². The zero-order valence-electron chi connectivity index (χ0n) is 24.7. The average Bonchev–Trinajstić information content (AvgIpc) is 3.47. The minimum Gasteiger partial charge on any atom is -0.330 e. The number of ketones is 2. The van der Waals surface area contributed by atoms with Crippen LogP contribution in [0.3, 0.4) is 0 Å². The summed E-state index contributed by atoms with van der Waals surface area (Å²) in [5, 5.41) is 5.06. The quantitative estimate of drug-likeness (QED) is 0.195. The first-order valence-electron chi connectivity index (χ1n) is 13.6. The molecule has 0 saturated carbocycles. The normalized spacial score (nSPS) is 16.9. The monoisotopic (exact) mass is 568 g/mol. The van der Waals surface area contributed by atoms with Gasteiger partial charge in [0, 0.05) is 43.0 Å². The van der Waals surface area contributed by atoms with Crippen LogP contribution < -0.4 is 0 Å². The Labute approximate surface area is 245 Å². The molecule has 4 heterocycles. The molecular weight excluding hydrogens is 532 g/mol. The van der Waals surface area contributed by atoms with Crippen LogP contribution in [0.1, 0.15) is 43.5 Å². The first-order valence-corrected chi connectivity index (χ1v) is 13.6. The van der Waals surface area contributed by atoms with Crippen molar-refractivity contribution in [2.24, 2.45) is 10.4 Å². The van der Waals surface area contributed by atoms with Crippen molar-refractivity contribution in [1.82, 2.24) is 34.5 Å². The number of nitrogens with zero attached hydrogens (tertiary/aromatic N) is 8. The highest BCUT2D eigenvalue weighted by atomic mass is 16.2. The number of likely N-dealkylation sites (tertiary alicyclic amines) is 1. The Morgan fingerprint density at radius 3 is 2.48 bits per heavy atom. The van der Waals surface area contributed by atoms with Crippen LogP contribution in [0.2, 0.25) is 0 Å². The van der Waals surface area contributed by atoms with E-state index in [9.17, 15) is 14.4 Å². The molecule has 42 heavy (non-hydrogen) atoms.